The Hall–Kier alpha value is -2.89. The maximum absolute atomic E-state index is 12.0. The number of amides is 2. The van der Waals surface area contributed by atoms with Crippen molar-refractivity contribution < 1.29 is 14.3 Å². The molecule has 1 atom stereocenters. The van der Waals surface area contributed by atoms with Crippen molar-refractivity contribution in [2.75, 3.05) is 19.0 Å². The summed E-state index contributed by atoms with van der Waals surface area (Å²) >= 11 is 0. The molecule has 23 heavy (non-hydrogen) atoms. The minimum atomic E-state index is -0.561. The van der Waals surface area contributed by atoms with Crippen molar-refractivity contribution in [1.82, 2.24) is 10.3 Å². The van der Waals surface area contributed by atoms with Crippen LogP contribution in [-0.4, -0.2) is 30.6 Å². The highest BCUT2D eigenvalue weighted by atomic mass is 16.5. The van der Waals surface area contributed by atoms with Gasteiger partial charge in [0.15, 0.2) is 0 Å². The molecule has 0 aliphatic heterocycles. The average Bonchev–Trinajstić information content (AvgIpc) is 2.55. The lowest BCUT2D eigenvalue weighted by Gasteiger charge is -2.16. The van der Waals surface area contributed by atoms with E-state index in [4.69, 9.17) is 4.74 Å². The molecular formula is C17H19N3O3. The Kier molecular flexibility index (Phi) is 5.68. The monoisotopic (exact) mass is 313 g/mol. The second kappa shape index (κ2) is 7.93. The summed E-state index contributed by atoms with van der Waals surface area (Å²) in [4.78, 5) is 27.9. The van der Waals surface area contributed by atoms with Gasteiger partial charge < -0.3 is 10.1 Å². The van der Waals surface area contributed by atoms with Crippen molar-refractivity contribution in [1.29, 1.82) is 0 Å². The van der Waals surface area contributed by atoms with Gasteiger partial charge in [-0.25, -0.2) is 9.78 Å². The molecule has 0 saturated carbocycles. The molecule has 0 bridgehead atoms. The van der Waals surface area contributed by atoms with Gasteiger partial charge in [0.25, 0.3) is 0 Å². The van der Waals surface area contributed by atoms with Gasteiger partial charge in [0, 0.05) is 12.7 Å². The minimum absolute atomic E-state index is 0.134. The van der Waals surface area contributed by atoms with Gasteiger partial charge in [-0.15, -0.1) is 0 Å². The molecule has 0 aliphatic rings. The van der Waals surface area contributed by atoms with Crippen LogP contribution in [0.15, 0.2) is 48.7 Å². The van der Waals surface area contributed by atoms with Crippen LogP contribution in [0.4, 0.5) is 10.6 Å². The lowest BCUT2D eigenvalue weighted by Crippen LogP contribution is -2.35. The van der Waals surface area contributed by atoms with Crippen LogP contribution in [0.2, 0.25) is 0 Å². The van der Waals surface area contributed by atoms with Crippen molar-refractivity contribution in [3.05, 3.63) is 59.8 Å². The molecule has 2 aromatic rings. The standard InChI is InChI=1S/C17H19N3O3/c1-12-6-5-7-13(10-12)14(16(21)23-2)11-19-17(22)20-15-8-3-4-9-18-15/h3-10,14H,11H2,1-2H3,(H2,18,19,20,22). The Morgan fingerprint density at radius 3 is 2.70 bits per heavy atom. The highest BCUT2D eigenvalue weighted by Gasteiger charge is 2.22. The van der Waals surface area contributed by atoms with Crippen molar-refractivity contribution in [3.8, 4) is 0 Å². The molecule has 6 heteroatoms. The number of methoxy groups -OCH3 is 1. The normalized spacial score (nSPS) is 11.4. The van der Waals surface area contributed by atoms with Crippen molar-refractivity contribution >= 4 is 17.8 Å². The number of pyridine rings is 1. The largest absolute Gasteiger partial charge is 0.468 e. The van der Waals surface area contributed by atoms with Crippen LogP contribution in [-0.2, 0) is 9.53 Å². The third-order valence-electron chi connectivity index (χ3n) is 3.30. The zero-order valence-corrected chi connectivity index (χ0v) is 13.1. The fourth-order valence-electron chi connectivity index (χ4n) is 2.16. The summed E-state index contributed by atoms with van der Waals surface area (Å²) in [6.07, 6.45) is 1.58. The number of anilines is 1. The van der Waals surface area contributed by atoms with Crippen LogP contribution >= 0.6 is 0 Å². The number of carbonyl (C=O) groups excluding carboxylic acids is 2. The summed E-state index contributed by atoms with van der Waals surface area (Å²) in [5.74, 6) is -0.515. The van der Waals surface area contributed by atoms with Gasteiger partial charge in [0.1, 0.15) is 5.82 Å². The van der Waals surface area contributed by atoms with Crippen LogP contribution in [0.5, 0.6) is 0 Å². The number of urea groups is 1. The smallest absolute Gasteiger partial charge is 0.320 e. The van der Waals surface area contributed by atoms with Gasteiger partial charge in [0.2, 0.25) is 0 Å². The Morgan fingerprint density at radius 2 is 2.04 bits per heavy atom. The summed E-state index contributed by atoms with van der Waals surface area (Å²) in [6.45, 7) is 2.08. The van der Waals surface area contributed by atoms with Gasteiger partial charge in [-0.05, 0) is 24.6 Å². The molecule has 0 spiro atoms. The average molecular weight is 313 g/mol. The number of rotatable bonds is 5. The molecule has 1 heterocycles. The van der Waals surface area contributed by atoms with E-state index < -0.39 is 17.9 Å². The van der Waals surface area contributed by atoms with E-state index in [1.807, 2.05) is 31.2 Å². The number of esters is 1. The molecule has 2 amide bonds. The first-order valence-electron chi connectivity index (χ1n) is 7.20. The lowest BCUT2D eigenvalue weighted by molar-refractivity contribution is -0.142. The summed E-state index contributed by atoms with van der Waals surface area (Å²) in [5.41, 5.74) is 1.84. The minimum Gasteiger partial charge on any atom is -0.468 e. The number of carbonyl (C=O) groups is 2. The van der Waals surface area contributed by atoms with E-state index in [2.05, 4.69) is 15.6 Å². The van der Waals surface area contributed by atoms with Gasteiger partial charge in [-0.3, -0.25) is 10.1 Å². The van der Waals surface area contributed by atoms with E-state index in [1.165, 1.54) is 7.11 Å². The number of hydrogen-bond acceptors (Lipinski definition) is 4. The predicted octanol–water partition coefficient (Wildman–Crippen LogP) is 2.47. The molecule has 6 nitrogen and oxygen atoms in total. The van der Waals surface area contributed by atoms with Crippen LogP contribution in [0.1, 0.15) is 17.0 Å². The van der Waals surface area contributed by atoms with E-state index in [-0.39, 0.29) is 6.54 Å². The number of nitrogens with zero attached hydrogens (tertiary/aromatic N) is 1. The summed E-state index contributed by atoms with van der Waals surface area (Å²) in [6, 6.07) is 12.3. The van der Waals surface area contributed by atoms with Gasteiger partial charge in [0.05, 0.1) is 13.0 Å². The molecule has 120 valence electrons. The highest BCUT2D eigenvalue weighted by Crippen LogP contribution is 2.18. The molecular weight excluding hydrogens is 294 g/mol. The van der Waals surface area contributed by atoms with E-state index in [0.29, 0.717) is 5.82 Å². The maximum atomic E-state index is 12.0. The second-order valence-corrected chi connectivity index (χ2v) is 5.04. The van der Waals surface area contributed by atoms with Gasteiger partial charge in [-0.2, -0.15) is 0 Å². The third-order valence-corrected chi connectivity index (χ3v) is 3.30. The van der Waals surface area contributed by atoms with Gasteiger partial charge in [-0.1, -0.05) is 35.9 Å². The van der Waals surface area contributed by atoms with E-state index in [1.54, 1.807) is 24.4 Å². The zero-order chi connectivity index (χ0) is 16.7. The molecule has 0 fully saturated rings. The topological polar surface area (TPSA) is 80.3 Å². The molecule has 1 unspecified atom stereocenters. The Morgan fingerprint density at radius 1 is 1.22 bits per heavy atom. The molecule has 1 aromatic heterocycles. The molecule has 0 aliphatic carbocycles. The number of aryl methyl sites for hydroxylation is 1. The van der Waals surface area contributed by atoms with Crippen LogP contribution < -0.4 is 10.6 Å². The maximum Gasteiger partial charge on any atom is 0.320 e. The zero-order valence-electron chi connectivity index (χ0n) is 13.1. The first kappa shape index (κ1) is 16.5. The fourth-order valence-corrected chi connectivity index (χ4v) is 2.16. The summed E-state index contributed by atoms with van der Waals surface area (Å²) in [5, 5.41) is 5.28. The molecule has 0 radical (unpaired) electrons. The molecule has 0 saturated heterocycles. The number of hydrogen-bond donors (Lipinski definition) is 2. The van der Waals surface area contributed by atoms with Crippen molar-refractivity contribution in [2.45, 2.75) is 12.8 Å². The lowest BCUT2D eigenvalue weighted by atomic mass is 9.97. The SMILES string of the molecule is COC(=O)C(CNC(=O)Nc1ccccn1)c1cccc(C)c1. The quantitative estimate of drug-likeness (QED) is 0.831. The van der Waals surface area contributed by atoms with E-state index in [0.717, 1.165) is 11.1 Å². The van der Waals surface area contributed by atoms with E-state index in [9.17, 15) is 9.59 Å². The first-order valence-corrected chi connectivity index (χ1v) is 7.20. The Balaban J connectivity index is 2.01. The summed E-state index contributed by atoms with van der Waals surface area (Å²) < 4.78 is 4.83. The van der Waals surface area contributed by atoms with Crippen LogP contribution in [0, 0.1) is 6.92 Å². The van der Waals surface area contributed by atoms with Gasteiger partial charge >= 0.3 is 12.0 Å². The van der Waals surface area contributed by atoms with Crippen molar-refractivity contribution in [2.24, 2.45) is 0 Å². The second-order valence-electron chi connectivity index (χ2n) is 5.04. The molecule has 1 aromatic carbocycles. The third kappa shape index (κ3) is 4.81. The van der Waals surface area contributed by atoms with Crippen molar-refractivity contribution in [3.63, 3.8) is 0 Å². The highest BCUT2D eigenvalue weighted by molar-refractivity contribution is 5.89. The molecule has 2 rings (SSSR count). The molecule has 2 N–H and O–H groups in total. The number of benzene rings is 1. The van der Waals surface area contributed by atoms with Crippen LogP contribution in [0.25, 0.3) is 0 Å². The first-order chi connectivity index (χ1) is 11.1. The fraction of sp³-hybridized carbons (Fsp3) is 0.235. The number of aromatic nitrogens is 1. The van der Waals surface area contributed by atoms with E-state index >= 15 is 0 Å². The summed E-state index contributed by atoms with van der Waals surface area (Å²) in [7, 11) is 1.33. The predicted molar refractivity (Wildman–Crippen MR) is 87.2 cm³/mol. The Labute approximate surface area is 134 Å². The van der Waals surface area contributed by atoms with Crippen LogP contribution in [0.3, 0.4) is 0 Å². The number of ether oxygens (including phenoxy) is 1. The Bertz CT molecular complexity index is 674. The number of nitrogens with one attached hydrogen (secondary N) is 2.